The summed E-state index contributed by atoms with van der Waals surface area (Å²) >= 11 is 0. The number of rotatable bonds is 8. The van der Waals surface area contributed by atoms with Crippen molar-refractivity contribution in [3.63, 3.8) is 0 Å². The van der Waals surface area contributed by atoms with E-state index in [-0.39, 0.29) is 30.2 Å². The van der Waals surface area contributed by atoms with E-state index >= 15 is 0 Å². The summed E-state index contributed by atoms with van der Waals surface area (Å²) in [5.41, 5.74) is 4.41. The molecule has 0 bridgehead atoms. The summed E-state index contributed by atoms with van der Waals surface area (Å²) in [6.07, 6.45) is -0.444. The fourth-order valence-electron chi connectivity index (χ4n) is 4.30. The number of amides is 2. The maximum Gasteiger partial charge on any atom is 0.407 e. The number of fused-ring (bicyclic) bond motifs is 3. The second kappa shape index (κ2) is 10.3. The fourth-order valence-corrected chi connectivity index (χ4v) is 4.30. The summed E-state index contributed by atoms with van der Waals surface area (Å²) in [5.74, 6) is -1.46. The molecule has 2 amide bonds. The zero-order valence-corrected chi connectivity index (χ0v) is 19.4. The normalized spacial score (nSPS) is 12.7. The van der Waals surface area contributed by atoms with Crippen LogP contribution < -0.4 is 15.4 Å². The third kappa shape index (κ3) is 4.96. The summed E-state index contributed by atoms with van der Waals surface area (Å²) < 4.78 is 10.6. The van der Waals surface area contributed by atoms with E-state index in [0.29, 0.717) is 5.75 Å². The molecule has 8 nitrogen and oxygen atoms in total. The van der Waals surface area contributed by atoms with Crippen LogP contribution in [0.1, 0.15) is 40.7 Å². The minimum Gasteiger partial charge on any atom is -0.497 e. The van der Waals surface area contributed by atoms with Crippen molar-refractivity contribution in [2.75, 3.05) is 19.0 Å². The Kier molecular flexibility index (Phi) is 7.01. The maximum absolute atomic E-state index is 12.8. The molecule has 1 atom stereocenters. The zero-order chi connectivity index (χ0) is 24.9. The quantitative estimate of drug-likeness (QED) is 0.438. The van der Waals surface area contributed by atoms with Gasteiger partial charge < -0.3 is 25.2 Å². The number of benzene rings is 3. The van der Waals surface area contributed by atoms with Crippen LogP contribution in [0.5, 0.6) is 5.75 Å². The van der Waals surface area contributed by atoms with Crippen LogP contribution >= 0.6 is 0 Å². The highest BCUT2D eigenvalue weighted by Gasteiger charge is 2.29. The second-order valence-corrected chi connectivity index (χ2v) is 8.14. The molecule has 8 heteroatoms. The average Bonchev–Trinajstić information content (AvgIpc) is 3.19. The van der Waals surface area contributed by atoms with Crippen molar-refractivity contribution in [2.45, 2.75) is 25.3 Å². The number of methoxy groups -OCH3 is 1. The molecule has 0 saturated heterocycles. The number of hydrogen-bond acceptors (Lipinski definition) is 5. The molecule has 0 fully saturated rings. The van der Waals surface area contributed by atoms with Crippen LogP contribution in [0.4, 0.5) is 10.5 Å². The molecule has 0 radical (unpaired) electrons. The van der Waals surface area contributed by atoms with Crippen LogP contribution in [-0.4, -0.2) is 42.8 Å². The van der Waals surface area contributed by atoms with Gasteiger partial charge in [-0.1, -0.05) is 55.5 Å². The van der Waals surface area contributed by atoms with Crippen LogP contribution in [0.3, 0.4) is 0 Å². The SMILES string of the molecule is CCC(NC(=O)OCC1c2ccccc2-c2ccccc21)C(=O)Nc1cc(OC)ccc1C(=O)O. The summed E-state index contributed by atoms with van der Waals surface area (Å²) in [4.78, 5) is 36.9. The minimum absolute atomic E-state index is 0.0784. The Bertz CT molecular complexity index is 1230. The number of carbonyl (C=O) groups is 3. The molecular formula is C27H26N2O6. The van der Waals surface area contributed by atoms with Crippen molar-refractivity contribution >= 4 is 23.7 Å². The van der Waals surface area contributed by atoms with Crippen LogP contribution in [0.2, 0.25) is 0 Å². The van der Waals surface area contributed by atoms with Gasteiger partial charge in [-0.2, -0.15) is 0 Å². The van der Waals surface area contributed by atoms with Crippen molar-refractivity contribution < 1.29 is 29.0 Å². The molecule has 3 N–H and O–H groups in total. The summed E-state index contributed by atoms with van der Waals surface area (Å²) in [7, 11) is 1.44. The Morgan fingerprint density at radius 1 is 0.971 bits per heavy atom. The number of nitrogens with one attached hydrogen (secondary N) is 2. The lowest BCUT2D eigenvalue weighted by Gasteiger charge is -2.19. The lowest BCUT2D eigenvalue weighted by Crippen LogP contribution is -2.44. The Balaban J connectivity index is 1.42. The average molecular weight is 475 g/mol. The standard InChI is InChI=1S/C27H26N2O6/c1-3-23(25(30)28-24-14-16(34-2)12-13-21(24)26(31)32)29-27(33)35-15-22-19-10-6-4-8-17(19)18-9-5-7-11-20(18)22/h4-14,22-23H,3,15H2,1-2H3,(H,28,30)(H,29,33)(H,31,32). The summed E-state index contributed by atoms with van der Waals surface area (Å²) in [6.45, 7) is 1.86. The maximum atomic E-state index is 12.8. The molecule has 1 aliphatic rings. The number of aromatic carboxylic acids is 1. The van der Waals surface area contributed by atoms with Crippen molar-refractivity contribution in [1.29, 1.82) is 0 Å². The number of ether oxygens (including phenoxy) is 2. The van der Waals surface area contributed by atoms with E-state index in [1.54, 1.807) is 6.92 Å². The molecule has 3 aromatic carbocycles. The predicted molar refractivity (Wildman–Crippen MR) is 131 cm³/mol. The number of hydrogen-bond donors (Lipinski definition) is 3. The van der Waals surface area contributed by atoms with E-state index in [9.17, 15) is 19.5 Å². The minimum atomic E-state index is -1.19. The predicted octanol–water partition coefficient (Wildman–Crippen LogP) is 4.65. The summed E-state index contributed by atoms with van der Waals surface area (Å²) in [5, 5.41) is 14.6. The molecule has 0 saturated carbocycles. The third-order valence-corrected chi connectivity index (χ3v) is 6.08. The summed E-state index contributed by atoms with van der Waals surface area (Å²) in [6, 6.07) is 19.4. The molecule has 1 unspecified atom stereocenters. The lowest BCUT2D eigenvalue weighted by atomic mass is 9.98. The highest BCUT2D eigenvalue weighted by atomic mass is 16.5. The smallest absolute Gasteiger partial charge is 0.407 e. The molecule has 0 heterocycles. The molecule has 0 spiro atoms. The Hall–Kier alpha value is -4.33. The highest BCUT2D eigenvalue weighted by Crippen LogP contribution is 2.44. The first-order valence-electron chi connectivity index (χ1n) is 11.3. The van der Waals surface area contributed by atoms with Gasteiger partial charge in [0.2, 0.25) is 5.91 Å². The van der Waals surface area contributed by atoms with E-state index < -0.39 is 24.0 Å². The van der Waals surface area contributed by atoms with Crippen molar-refractivity contribution in [2.24, 2.45) is 0 Å². The lowest BCUT2D eigenvalue weighted by molar-refractivity contribution is -0.118. The van der Waals surface area contributed by atoms with Gasteiger partial charge in [0.15, 0.2) is 0 Å². The van der Waals surface area contributed by atoms with Crippen molar-refractivity contribution in [3.05, 3.63) is 83.4 Å². The molecular weight excluding hydrogens is 448 g/mol. The monoisotopic (exact) mass is 474 g/mol. The van der Waals surface area contributed by atoms with Gasteiger partial charge in [-0.3, -0.25) is 4.79 Å². The molecule has 35 heavy (non-hydrogen) atoms. The van der Waals surface area contributed by atoms with Gasteiger partial charge in [0, 0.05) is 12.0 Å². The number of carbonyl (C=O) groups excluding carboxylic acids is 2. The van der Waals surface area contributed by atoms with E-state index in [2.05, 4.69) is 22.8 Å². The first-order chi connectivity index (χ1) is 16.9. The van der Waals surface area contributed by atoms with Gasteiger partial charge in [0.25, 0.3) is 0 Å². The van der Waals surface area contributed by atoms with Gasteiger partial charge in [0.05, 0.1) is 18.4 Å². The van der Waals surface area contributed by atoms with Gasteiger partial charge in [0.1, 0.15) is 18.4 Å². The molecule has 4 rings (SSSR count). The van der Waals surface area contributed by atoms with E-state index in [1.807, 2.05) is 36.4 Å². The number of alkyl carbamates (subject to hydrolysis) is 1. The van der Waals surface area contributed by atoms with Crippen LogP contribution in [-0.2, 0) is 9.53 Å². The van der Waals surface area contributed by atoms with E-state index in [0.717, 1.165) is 22.3 Å². The van der Waals surface area contributed by atoms with Gasteiger partial charge in [-0.15, -0.1) is 0 Å². The Morgan fingerprint density at radius 2 is 1.60 bits per heavy atom. The van der Waals surface area contributed by atoms with Gasteiger partial charge in [-0.25, -0.2) is 9.59 Å². The topological polar surface area (TPSA) is 114 Å². The fraction of sp³-hybridized carbons (Fsp3) is 0.222. The van der Waals surface area contributed by atoms with Crippen LogP contribution in [0.25, 0.3) is 11.1 Å². The largest absolute Gasteiger partial charge is 0.497 e. The Morgan fingerprint density at radius 3 is 2.17 bits per heavy atom. The van der Waals surface area contributed by atoms with Crippen LogP contribution in [0, 0.1) is 0 Å². The van der Waals surface area contributed by atoms with Gasteiger partial charge in [-0.05, 0) is 40.8 Å². The number of carboxylic acid groups (broad SMARTS) is 1. The second-order valence-electron chi connectivity index (χ2n) is 8.14. The molecule has 1 aliphatic carbocycles. The van der Waals surface area contributed by atoms with E-state index in [1.165, 1.54) is 25.3 Å². The third-order valence-electron chi connectivity index (χ3n) is 6.08. The van der Waals surface area contributed by atoms with Crippen molar-refractivity contribution in [1.82, 2.24) is 5.32 Å². The number of carboxylic acids is 1. The first-order valence-corrected chi connectivity index (χ1v) is 11.3. The molecule has 180 valence electrons. The zero-order valence-electron chi connectivity index (χ0n) is 19.4. The van der Waals surface area contributed by atoms with E-state index in [4.69, 9.17) is 9.47 Å². The molecule has 3 aromatic rings. The number of anilines is 1. The molecule has 0 aromatic heterocycles. The van der Waals surface area contributed by atoms with Crippen LogP contribution in [0.15, 0.2) is 66.7 Å². The molecule has 0 aliphatic heterocycles. The highest BCUT2D eigenvalue weighted by molar-refractivity contribution is 6.03. The van der Waals surface area contributed by atoms with Crippen molar-refractivity contribution in [3.8, 4) is 16.9 Å². The Labute approximate surface area is 202 Å². The van der Waals surface area contributed by atoms with Gasteiger partial charge >= 0.3 is 12.1 Å². The first kappa shape index (κ1) is 23.8.